The first-order valence-electron chi connectivity index (χ1n) is 8.97. The van der Waals surface area contributed by atoms with Gasteiger partial charge in [-0.05, 0) is 47.3 Å². The zero-order valence-electron chi connectivity index (χ0n) is 14.5. The predicted molar refractivity (Wildman–Crippen MR) is 106 cm³/mol. The molecule has 1 amide bonds. The second-order valence-corrected chi connectivity index (χ2v) is 8.50. The highest BCUT2D eigenvalue weighted by Gasteiger charge is 2.22. The maximum Gasteiger partial charge on any atom is 0.276 e. The first kappa shape index (κ1) is 17.6. The molecule has 8 heteroatoms. The molecule has 1 aliphatic carbocycles. The number of imidazole rings is 1. The summed E-state index contributed by atoms with van der Waals surface area (Å²) in [5, 5.41) is 13.0. The molecule has 136 valence electrons. The fourth-order valence-electron chi connectivity index (χ4n) is 3.51. The second-order valence-electron chi connectivity index (χ2n) is 6.57. The summed E-state index contributed by atoms with van der Waals surface area (Å²) >= 11 is 4.95. The molecule has 1 aliphatic rings. The Labute approximate surface area is 164 Å². The molecule has 0 atom stereocenters. The Bertz CT molecular complexity index is 944. The summed E-state index contributed by atoms with van der Waals surface area (Å²) in [6.45, 7) is 2.00. The van der Waals surface area contributed by atoms with Gasteiger partial charge >= 0.3 is 0 Å². The van der Waals surface area contributed by atoms with Crippen molar-refractivity contribution in [2.75, 3.05) is 5.32 Å². The van der Waals surface area contributed by atoms with Crippen LogP contribution in [0, 0.1) is 0 Å². The van der Waals surface area contributed by atoms with Crippen LogP contribution in [0.2, 0.25) is 0 Å². The Morgan fingerprint density at radius 3 is 2.88 bits per heavy atom. The van der Waals surface area contributed by atoms with Gasteiger partial charge in [-0.3, -0.25) is 14.5 Å². The first-order valence-corrected chi connectivity index (χ1v) is 10.6. The molecular weight excluding hydrogens is 414 g/mol. The summed E-state index contributed by atoms with van der Waals surface area (Å²) in [6.07, 6.45) is 8.71. The third kappa shape index (κ3) is 3.40. The van der Waals surface area contributed by atoms with E-state index in [0.29, 0.717) is 23.2 Å². The number of anilines is 1. The van der Waals surface area contributed by atoms with E-state index >= 15 is 0 Å². The van der Waals surface area contributed by atoms with Gasteiger partial charge in [0.15, 0.2) is 0 Å². The van der Waals surface area contributed by atoms with E-state index < -0.39 is 0 Å². The van der Waals surface area contributed by atoms with Crippen molar-refractivity contribution in [2.45, 2.75) is 51.4 Å². The minimum Gasteiger partial charge on any atom is -0.295 e. The number of fused-ring (bicyclic) bond motifs is 1. The molecule has 6 nitrogen and oxygen atoms in total. The van der Waals surface area contributed by atoms with Crippen LogP contribution in [0.3, 0.4) is 0 Å². The van der Waals surface area contributed by atoms with Gasteiger partial charge in [0, 0.05) is 16.6 Å². The van der Waals surface area contributed by atoms with Crippen molar-refractivity contribution in [3.05, 3.63) is 39.2 Å². The van der Waals surface area contributed by atoms with E-state index in [0.717, 1.165) is 20.8 Å². The highest BCUT2D eigenvalue weighted by Crippen LogP contribution is 2.35. The van der Waals surface area contributed by atoms with Crippen LogP contribution in [0.4, 0.5) is 5.13 Å². The van der Waals surface area contributed by atoms with Crippen molar-refractivity contribution < 1.29 is 4.79 Å². The molecule has 0 radical (unpaired) electrons. The van der Waals surface area contributed by atoms with Gasteiger partial charge < -0.3 is 0 Å². The van der Waals surface area contributed by atoms with E-state index in [-0.39, 0.29) is 5.91 Å². The Morgan fingerprint density at radius 2 is 2.12 bits per heavy atom. The average molecular weight is 434 g/mol. The largest absolute Gasteiger partial charge is 0.295 e. The molecule has 0 saturated heterocycles. The Balaban J connectivity index is 1.59. The molecule has 26 heavy (non-hydrogen) atoms. The van der Waals surface area contributed by atoms with E-state index in [2.05, 4.69) is 36.4 Å². The minimum absolute atomic E-state index is 0.196. The molecule has 3 aromatic heterocycles. The summed E-state index contributed by atoms with van der Waals surface area (Å²) in [5.74, 6) is 0.295. The zero-order chi connectivity index (χ0) is 18.1. The lowest BCUT2D eigenvalue weighted by molar-refractivity contribution is 0.102. The summed E-state index contributed by atoms with van der Waals surface area (Å²) in [6, 6.07) is 3.82. The molecule has 1 saturated carbocycles. The molecule has 1 fully saturated rings. The van der Waals surface area contributed by atoms with Gasteiger partial charge in [0.1, 0.15) is 16.3 Å². The number of halogens is 1. The van der Waals surface area contributed by atoms with Gasteiger partial charge in [-0.2, -0.15) is 0 Å². The fraction of sp³-hybridized carbons (Fsp3) is 0.444. The zero-order valence-corrected chi connectivity index (χ0v) is 16.9. The second kappa shape index (κ2) is 7.44. The van der Waals surface area contributed by atoms with Crippen molar-refractivity contribution in [3.8, 4) is 0 Å². The molecule has 0 aromatic carbocycles. The number of pyridine rings is 1. The first-order chi connectivity index (χ1) is 12.7. The van der Waals surface area contributed by atoms with Crippen molar-refractivity contribution in [2.24, 2.45) is 0 Å². The third-order valence-electron chi connectivity index (χ3n) is 4.82. The third-order valence-corrected chi connectivity index (χ3v) is 6.29. The van der Waals surface area contributed by atoms with Crippen LogP contribution >= 0.6 is 27.3 Å². The quantitative estimate of drug-likeness (QED) is 0.640. The minimum atomic E-state index is -0.196. The molecule has 3 heterocycles. The number of amides is 1. The fourth-order valence-corrected chi connectivity index (χ4v) is 4.75. The van der Waals surface area contributed by atoms with E-state index in [1.807, 2.05) is 29.7 Å². The van der Waals surface area contributed by atoms with Gasteiger partial charge in [0.2, 0.25) is 5.13 Å². The number of hydrogen-bond acceptors (Lipinski definition) is 5. The van der Waals surface area contributed by atoms with Gasteiger partial charge in [0.05, 0.1) is 5.69 Å². The number of carbonyl (C=O) groups is 1. The van der Waals surface area contributed by atoms with E-state index in [1.54, 1.807) is 0 Å². The highest BCUT2D eigenvalue weighted by molar-refractivity contribution is 9.10. The standard InChI is InChI=1S/C18H20BrN5OS/c1-2-13-15(24-10-12(19)8-9-14(24)20-13)16(25)21-18-23-22-17(26-18)11-6-4-3-5-7-11/h8-11H,2-7H2,1H3,(H,21,23,25). The maximum atomic E-state index is 12.9. The van der Waals surface area contributed by atoms with E-state index in [9.17, 15) is 4.79 Å². The van der Waals surface area contributed by atoms with Crippen LogP contribution in [-0.4, -0.2) is 25.5 Å². The maximum absolute atomic E-state index is 12.9. The summed E-state index contributed by atoms with van der Waals surface area (Å²) in [4.78, 5) is 17.5. The summed E-state index contributed by atoms with van der Waals surface area (Å²) < 4.78 is 2.72. The summed E-state index contributed by atoms with van der Waals surface area (Å²) in [7, 11) is 0. The summed E-state index contributed by atoms with van der Waals surface area (Å²) in [5.41, 5.74) is 2.09. The lowest BCUT2D eigenvalue weighted by Gasteiger charge is -2.18. The van der Waals surface area contributed by atoms with Crippen LogP contribution in [0.1, 0.15) is 66.1 Å². The van der Waals surface area contributed by atoms with Crippen molar-refractivity contribution in [3.63, 3.8) is 0 Å². The Morgan fingerprint density at radius 1 is 1.31 bits per heavy atom. The number of nitrogens with one attached hydrogen (secondary N) is 1. The van der Waals surface area contributed by atoms with Crippen LogP contribution in [0.15, 0.2) is 22.8 Å². The molecule has 1 N–H and O–H groups in total. The lowest BCUT2D eigenvalue weighted by Crippen LogP contribution is -2.16. The number of nitrogens with zero attached hydrogens (tertiary/aromatic N) is 4. The van der Waals surface area contributed by atoms with Crippen molar-refractivity contribution in [1.82, 2.24) is 19.6 Å². The van der Waals surface area contributed by atoms with Crippen molar-refractivity contribution in [1.29, 1.82) is 0 Å². The molecule has 4 rings (SSSR count). The SMILES string of the molecule is CCc1nc2ccc(Br)cn2c1C(=O)Nc1nnc(C2CCCCC2)s1. The topological polar surface area (TPSA) is 72.2 Å². The normalized spacial score (nSPS) is 15.5. The van der Waals surface area contributed by atoms with Crippen LogP contribution < -0.4 is 5.32 Å². The van der Waals surface area contributed by atoms with E-state index in [1.165, 1.54) is 43.4 Å². The highest BCUT2D eigenvalue weighted by atomic mass is 79.9. The van der Waals surface area contributed by atoms with Gasteiger partial charge in [0.25, 0.3) is 5.91 Å². The number of aryl methyl sites for hydroxylation is 1. The molecule has 0 unspecified atom stereocenters. The molecule has 0 bridgehead atoms. The molecule has 3 aromatic rings. The number of carbonyl (C=O) groups excluding carboxylic acids is 1. The van der Waals surface area contributed by atoms with Crippen LogP contribution in [0.5, 0.6) is 0 Å². The van der Waals surface area contributed by atoms with Crippen LogP contribution in [0.25, 0.3) is 5.65 Å². The van der Waals surface area contributed by atoms with Crippen molar-refractivity contribution >= 4 is 44.0 Å². The van der Waals surface area contributed by atoms with Gasteiger partial charge in [-0.1, -0.05) is 37.5 Å². The monoisotopic (exact) mass is 433 g/mol. The van der Waals surface area contributed by atoms with E-state index in [4.69, 9.17) is 0 Å². The van der Waals surface area contributed by atoms with Gasteiger partial charge in [-0.15, -0.1) is 10.2 Å². The molecule has 0 aliphatic heterocycles. The number of rotatable bonds is 4. The number of aromatic nitrogens is 4. The Kier molecular flexibility index (Phi) is 5.04. The van der Waals surface area contributed by atoms with Crippen LogP contribution in [-0.2, 0) is 6.42 Å². The Hall–Kier alpha value is -1.80. The predicted octanol–water partition coefficient (Wildman–Crippen LogP) is 4.81. The van der Waals surface area contributed by atoms with Gasteiger partial charge in [-0.25, -0.2) is 4.98 Å². The molecular formula is C18H20BrN5OS. The lowest BCUT2D eigenvalue weighted by atomic mass is 9.90. The smallest absolute Gasteiger partial charge is 0.276 e. The average Bonchev–Trinajstić information content (AvgIpc) is 3.26. The number of hydrogen-bond donors (Lipinski definition) is 1. The molecule has 0 spiro atoms.